The van der Waals surface area contributed by atoms with E-state index in [0.717, 1.165) is 0 Å². The first-order valence-electron chi connectivity index (χ1n) is 3.56. The van der Waals surface area contributed by atoms with Gasteiger partial charge in [-0.1, -0.05) is 13.3 Å². The van der Waals surface area contributed by atoms with Gasteiger partial charge < -0.3 is 9.84 Å². The van der Waals surface area contributed by atoms with Crippen molar-refractivity contribution in [2.45, 2.75) is 31.8 Å². The number of carboxylic acid groups (broad SMARTS) is 1. The molecule has 1 rings (SSSR count). The minimum absolute atomic E-state index is 0.0240. The SMILES string of the molecule is CCCC1(C(=O)O)CC(=O)O1. The highest BCUT2D eigenvalue weighted by atomic mass is 16.6. The van der Waals surface area contributed by atoms with Gasteiger partial charge in [0.1, 0.15) is 0 Å². The Morgan fingerprint density at radius 2 is 2.36 bits per heavy atom. The summed E-state index contributed by atoms with van der Waals surface area (Å²) >= 11 is 0. The normalized spacial score (nSPS) is 29.0. The van der Waals surface area contributed by atoms with E-state index in [1.54, 1.807) is 0 Å². The molecule has 0 bridgehead atoms. The number of aliphatic carboxylic acids is 1. The molecule has 0 aromatic rings. The molecule has 1 aliphatic heterocycles. The highest BCUT2D eigenvalue weighted by Crippen LogP contribution is 2.32. The van der Waals surface area contributed by atoms with Gasteiger partial charge >= 0.3 is 11.9 Å². The average Bonchev–Trinajstić information content (AvgIpc) is 1.84. The predicted octanol–water partition coefficient (Wildman–Crippen LogP) is 0.557. The van der Waals surface area contributed by atoms with Gasteiger partial charge in [-0.25, -0.2) is 4.79 Å². The van der Waals surface area contributed by atoms with Crippen LogP contribution < -0.4 is 0 Å². The van der Waals surface area contributed by atoms with E-state index in [9.17, 15) is 9.59 Å². The van der Waals surface area contributed by atoms with Gasteiger partial charge in [-0.05, 0) is 6.42 Å². The van der Waals surface area contributed by atoms with Crippen molar-refractivity contribution in [1.82, 2.24) is 0 Å². The van der Waals surface area contributed by atoms with Gasteiger partial charge in [0.15, 0.2) is 0 Å². The van der Waals surface area contributed by atoms with Gasteiger partial charge in [-0.3, -0.25) is 4.79 Å². The number of carbonyl (C=O) groups is 2. The molecule has 1 unspecified atom stereocenters. The summed E-state index contributed by atoms with van der Waals surface area (Å²) in [6.07, 6.45) is 1.14. The minimum Gasteiger partial charge on any atom is -0.478 e. The van der Waals surface area contributed by atoms with Crippen LogP contribution in [0.1, 0.15) is 26.2 Å². The van der Waals surface area contributed by atoms with Crippen LogP contribution in [0.4, 0.5) is 0 Å². The topological polar surface area (TPSA) is 63.6 Å². The fourth-order valence-corrected chi connectivity index (χ4v) is 1.21. The molecule has 4 heteroatoms. The lowest BCUT2D eigenvalue weighted by Crippen LogP contribution is -2.53. The molecule has 1 aliphatic rings. The van der Waals surface area contributed by atoms with Crippen LogP contribution in [0.15, 0.2) is 0 Å². The van der Waals surface area contributed by atoms with Gasteiger partial charge in [0.05, 0.1) is 6.42 Å². The van der Waals surface area contributed by atoms with E-state index in [0.29, 0.717) is 12.8 Å². The molecule has 0 aromatic heterocycles. The molecule has 0 radical (unpaired) electrons. The second-order valence-corrected chi connectivity index (χ2v) is 2.70. The molecule has 0 aliphatic carbocycles. The summed E-state index contributed by atoms with van der Waals surface area (Å²) in [5, 5.41) is 8.66. The van der Waals surface area contributed by atoms with Gasteiger partial charge in [0.2, 0.25) is 5.60 Å². The van der Waals surface area contributed by atoms with Crippen LogP contribution in [0, 0.1) is 0 Å². The van der Waals surface area contributed by atoms with Crippen molar-refractivity contribution in [1.29, 1.82) is 0 Å². The number of rotatable bonds is 3. The van der Waals surface area contributed by atoms with Crippen molar-refractivity contribution in [3.63, 3.8) is 0 Å². The Labute approximate surface area is 64.2 Å². The molecule has 4 nitrogen and oxygen atoms in total. The standard InChI is InChI=1S/C7H10O4/c1-2-3-7(6(9)10)4-5(8)11-7/h2-4H2,1H3,(H,9,10). The number of ether oxygens (including phenoxy) is 1. The van der Waals surface area contributed by atoms with Crippen LogP contribution in [0.5, 0.6) is 0 Å². The zero-order valence-electron chi connectivity index (χ0n) is 6.29. The molecule has 0 spiro atoms. The molecular formula is C7H10O4. The summed E-state index contributed by atoms with van der Waals surface area (Å²) in [6.45, 7) is 1.86. The second kappa shape index (κ2) is 2.53. The van der Waals surface area contributed by atoms with Crippen molar-refractivity contribution in [3.8, 4) is 0 Å². The Balaban J connectivity index is 2.60. The Hall–Kier alpha value is -1.06. The van der Waals surface area contributed by atoms with Crippen LogP contribution in [-0.4, -0.2) is 22.6 Å². The molecule has 1 fully saturated rings. The maximum atomic E-state index is 10.6. The Morgan fingerprint density at radius 3 is 2.64 bits per heavy atom. The van der Waals surface area contributed by atoms with Crippen molar-refractivity contribution in [2.75, 3.05) is 0 Å². The third-order valence-electron chi connectivity index (χ3n) is 1.78. The monoisotopic (exact) mass is 158 g/mol. The highest BCUT2D eigenvalue weighted by molar-refractivity contribution is 5.92. The quantitative estimate of drug-likeness (QED) is 0.609. The fraction of sp³-hybridized carbons (Fsp3) is 0.714. The molecule has 0 saturated carbocycles. The first kappa shape index (κ1) is 8.04. The van der Waals surface area contributed by atoms with Crippen LogP contribution in [0.25, 0.3) is 0 Å². The third kappa shape index (κ3) is 1.20. The summed E-state index contributed by atoms with van der Waals surface area (Å²) < 4.78 is 4.59. The number of hydrogen-bond acceptors (Lipinski definition) is 3. The summed E-state index contributed by atoms with van der Waals surface area (Å²) in [6, 6.07) is 0. The summed E-state index contributed by atoms with van der Waals surface area (Å²) in [7, 11) is 0. The molecule has 1 atom stereocenters. The molecule has 1 saturated heterocycles. The first-order valence-corrected chi connectivity index (χ1v) is 3.56. The van der Waals surface area contributed by atoms with E-state index in [-0.39, 0.29) is 6.42 Å². The van der Waals surface area contributed by atoms with Gasteiger partial charge in [-0.15, -0.1) is 0 Å². The average molecular weight is 158 g/mol. The van der Waals surface area contributed by atoms with Crippen LogP contribution in [0.3, 0.4) is 0 Å². The van der Waals surface area contributed by atoms with E-state index in [2.05, 4.69) is 4.74 Å². The lowest BCUT2D eigenvalue weighted by Gasteiger charge is -2.36. The number of esters is 1. The molecule has 0 amide bonds. The first-order chi connectivity index (χ1) is 5.10. The zero-order valence-corrected chi connectivity index (χ0v) is 6.29. The van der Waals surface area contributed by atoms with Crippen molar-refractivity contribution < 1.29 is 19.4 Å². The molecule has 1 N–H and O–H groups in total. The summed E-state index contributed by atoms with van der Waals surface area (Å²) in [4.78, 5) is 21.0. The van der Waals surface area contributed by atoms with Crippen LogP contribution in [-0.2, 0) is 14.3 Å². The number of carboxylic acids is 1. The zero-order chi connectivity index (χ0) is 8.48. The van der Waals surface area contributed by atoms with Crippen molar-refractivity contribution >= 4 is 11.9 Å². The predicted molar refractivity (Wildman–Crippen MR) is 36.0 cm³/mol. The Bertz CT molecular complexity index is 189. The molecule has 62 valence electrons. The molecule has 0 aromatic carbocycles. The maximum Gasteiger partial charge on any atom is 0.348 e. The fourth-order valence-electron chi connectivity index (χ4n) is 1.21. The lowest BCUT2D eigenvalue weighted by atomic mass is 9.89. The van der Waals surface area contributed by atoms with Gasteiger partial charge in [0, 0.05) is 0 Å². The largest absolute Gasteiger partial charge is 0.478 e. The maximum absolute atomic E-state index is 10.6. The van der Waals surface area contributed by atoms with Gasteiger partial charge in [-0.2, -0.15) is 0 Å². The van der Waals surface area contributed by atoms with E-state index in [1.165, 1.54) is 0 Å². The summed E-state index contributed by atoms with van der Waals surface area (Å²) in [5.41, 5.74) is -1.19. The Kier molecular flexibility index (Phi) is 1.85. The van der Waals surface area contributed by atoms with E-state index < -0.39 is 17.5 Å². The van der Waals surface area contributed by atoms with Gasteiger partial charge in [0.25, 0.3) is 0 Å². The summed E-state index contributed by atoms with van der Waals surface area (Å²) in [5.74, 6) is -1.44. The minimum atomic E-state index is -1.19. The molecular weight excluding hydrogens is 148 g/mol. The number of hydrogen-bond donors (Lipinski definition) is 1. The number of carbonyl (C=O) groups excluding carboxylic acids is 1. The van der Waals surface area contributed by atoms with Crippen molar-refractivity contribution in [2.24, 2.45) is 0 Å². The second-order valence-electron chi connectivity index (χ2n) is 2.70. The molecule has 1 heterocycles. The number of cyclic esters (lactones) is 1. The smallest absolute Gasteiger partial charge is 0.348 e. The van der Waals surface area contributed by atoms with Crippen molar-refractivity contribution in [3.05, 3.63) is 0 Å². The van der Waals surface area contributed by atoms with E-state index in [1.807, 2.05) is 6.92 Å². The Morgan fingerprint density at radius 1 is 1.82 bits per heavy atom. The van der Waals surface area contributed by atoms with E-state index in [4.69, 9.17) is 5.11 Å². The molecule has 11 heavy (non-hydrogen) atoms. The van der Waals surface area contributed by atoms with Crippen LogP contribution >= 0.6 is 0 Å². The lowest BCUT2D eigenvalue weighted by molar-refractivity contribution is -0.205. The van der Waals surface area contributed by atoms with Crippen LogP contribution in [0.2, 0.25) is 0 Å². The third-order valence-corrected chi connectivity index (χ3v) is 1.78. The highest BCUT2D eigenvalue weighted by Gasteiger charge is 2.52. The van der Waals surface area contributed by atoms with E-state index >= 15 is 0 Å².